The summed E-state index contributed by atoms with van der Waals surface area (Å²) in [5.41, 5.74) is 1.13. The molecule has 1 saturated heterocycles. The number of nitrogens with zero attached hydrogens (tertiary/aromatic N) is 2. The van der Waals surface area contributed by atoms with Crippen molar-refractivity contribution < 1.29 is 0 Å². The van der Waals surface area contributed by atoms with Crippen LogP contribution < -0.4 is 5.32 Å². The van der Waals surface area contributed by atoms with E-state index in [0.717, 1.165) is 38.4 Å². The maximum Gasteiger partial charge on any atom is 0.107 e. The number of aromatic nitrogens is 1. The highest BCUT2D eigenvalue weighted by molar-refractivity contribution is 7.14. The Bertz CT molecular complexity index is 467. The van der Waals surface area contributed by atoms with Crippen LogP contribution in [-0.2, 0) is 6.54 Å². The fourth-order valence-corrected chi connectivity index (χ4v) is 3.58. The summed E-state index contributed by atoms with van der Waals surface area (Å²) in [6.45, 7) is 5.46. The molecule has 0 bridgehead atoms. The Morgan fingerprint density at radius 1 is 1.21 bits per heavy atom. The van der Waals surface area contributed by atoms with Gasteiger partial charge >= 0.3 is 0 Å². The van der Waals surface area contributed by atoms with Crippen LogP contribution in [0.5, 0.6) is 0 Å². The Kier molecular flexibility index (Phi) is 7.28. The third-order valence-electron chi connectivity index (χ3n) is 2.89. The van der Waals surface area contributed by atoms with Crippen LogP contribution in [0.1, 0.15) is 5.01 Å². The minimum Gasteiger partial charge on any atom is -0.314 e. The number of nitrogens with one attached hydrogen (secondary N) is 1. The minimum atomic E-state index is 0. The van der Waals surface area contributed by atoms with Gasteiger partial charge in [-0.15, -0.1) is 47.5 Å². The normalized spacial score (nSPS) is 15.6. The number of halogens is 2. The van der Waals surface area contributed by atoms with Gasteiger partial charge in [-0.2, -0.15) is 0 Å². The molecule has 7 heteroatoms. The van der Waals surface area contributed by atoms with Gasteiger partial charge < -0.3 is 5.32 Å². The van der Waals surface area contributed by atoms with Crippen molar-refractivity contribution >= 4 is 47.5 Å². The largest absolute Gasteiger partial charge is 0.314 e. The monoisotopic (exact) mass is 337 g/mol. The van der Waals surface area contributed by atoms with Gasteiger partial charge in [-0.3, -0.25) is 4.90 Å². The zero-order valence-electron chi connectivity index (χ0n) is 10.4. The molecule has 2 aromatic rings. The van der Waals surface area contributed by atoms with Gasteiger partial charge in [-0.1, -0.05) is 6.07 Å². The van der Waals surface area contributed by atoms with Gasteiger partial charge in [-0.25, -0.2) is 4.98 Å². The van der Waals surface area contributed by atoms with E-state index in [9.17, 15) is 0 Å². The van der Waals surface area contributed by atoms with Gasteiger partial charge in [-0.05, 0) is 11.4 Å². The fraction of sp³-hybridized carbons (Fsp3) is 0.417. The van der Waals surface area contributed by atoms with Crippen molar-refractivity contribution in [2.24, 2.45) is 0 Å². The molecule has 1 fully saturated rings. The van der Waals surface area contributed by atoms with Crippen LogP contribution in [0.2, 0.25) is 0 Å². The smallest absolute Gasteiger partial charge is 0.107 e. The van der Waals surface area contributed by atoms with Crippen molar-refractivity contribution in [3.8, 4) is 10.6 Å². The summed E-state index contributed by atoms with van der Waals surface area (Å²) in [5, 5.41) is 8.87. The first kappa shape index (κ1) is 16.9. The minimum absolute atomic E-state index is 0. The highest BCUT2D eigenvalue weighted by Gasteiger charge is 2.12. The van der Waals surface area contributed by atoms with Crippen molar-refractivity contribution in [1.82, 2.24) is 15.2 Å². The van der Waals surface area contributed by atoms with Crippen molar-refractivity contribution in [3.63, 3.8) is 0 Å². The number of thiazole rings is 1. The van der Waals surface area contributed by atoms with Gasteiger partial charge in [0, 0.05) is 31.6 Å². The number of thiophene rings is 1. The summed E-state index contributed by atoms with van der Waals surface area (Å²) in [4.78, 5) is 8.45. The molecule has 0 saturated carbocycles. The third-order valence-corrected chi connectivity index (χ3v) is 4.62. The van der Waals surface area contributed by atoms with Gasteiger partial charge in [0.1, 0.15) is 5.01 Å². The second-order valence-corrected chi connectivity index (χ2v) is 6.02. The van der Waals surface area contributed by atoms with Crippen LogP contribution >= 0.6 is 47.5 Å². The van der Waals surface area contributed by atoms with Crippen LogP contribution in [0, 0.1) is 0 Å². The topological polar surface area (TPSA) is 28.2 Å². The first-order valence-electron chi connectivity index (χ1n) is 5.83. The van der Waals surface area contributed by atoms with E-state index >= 15 is 0 Å². The number of hydrogen-bond donors (Lipinski definition) is 1. The predicted octanol–water partition coefficient (Wildman–Crippen LogP) is 3.12. The van der Waals surface area contributed by atoms with E-state index in [1.54, 1.807) is 22.7 Å². The fourth-order valence-electron chi connectivity index (χ4n) is 1.98. The van der Waals surface area contributed by atoms with Crippen LogP contribution in [0.15, 0.2) is 22.9 Å². The maximum atomic E-state index is 4.71. The van der Waals surface area contributed by atoms with Crippen molar-refractivity contribution in [2.75, 3.05) is 26.2 Å². The summed E-state index contributed by atoms with van der Waals surface area (Å²) in [7, 11) is 0. The zero-order valence-corrected chi connectivity index (χ0v) is 13.6. The van der Waals surface area contributed by atoms with E-state index < -0.39 is 0 Å². The number of rotatable bonds is 3. The standard InChI is InChI=1S/C12H15N3S2.2ClH/c1-2-11(16-7-1)10-9-17-12(14-10)8-15-5-3-13-4-6-15;;/h1-2,7,9,13H,3-6,8H2;2*1H. The lowest BCUT2D eigenvalue weighted by atomic mass is 10.3. The molecule has 0 aromatic carbocycles. The quantitative estimate of drug-likeness (QED) is 0.932. The Morgan fingerprint density at radius 2 is 2.00 bits per heavy atom. The van der Waals surface area contributed by atoms with Crippen LogP contribution in [0.25, 0.3) is 10.6 Å². The molecule has 1 aliphatic heterocycles. The number of hydrogen-bond acceptors (Lipinski definition) is 5. The van der Waals surface area contributed by atoms with Gasteiger partial charge in [0.15, 0.2) is 0 Å². The molecular weight excluding hydrogens is 321 g/mol. The van der Waals surface area contributed by atoms with Crippen LogP contribution in [0.3, 0.4) is 0 Å². The van der Waals surface area contributed by atoms with Gasteiger partial charge in [0.2, 0.25) is 0 Å². The average molecular weight is 338 g/mol. The molecule has 1 aliphatic rings. The Hall–Kier alpha value is -0.170. The summed E-state index contributed by atoms with van der Waals surface area (Å²) in [6, 6.07) is 4.21. The Morgan fingerprint density at radius 3 is 2.68 bits per heavy atom. The Balaban J connectivity index is 0.000000902. The molecule has 0 atom stereocenters. The lowest BCUT2D eigenvalue weighted by molar-refractivity contribution is 0.233. The molecule has 0 unspecified atom stereocenters. The second-order valence-electron chi connectivity index (χ2n) is 4.13. The molecule has 3 rings (SSSR count). The summed E-state index contributed by atoms with van der Waals surface area (Å²) in [5.74, 6) is 0. The van der Waals surface area contributed by atoms with Crippen LogP contribution in [-0.4, -0.2) is 36.1 Å². The highest BCUT2D eigenvalue weighted by Crippen LogP contribution is 2.26. The SMILES string of the molecule is Cl.Cl.c1csc(-c2csc(CN3CCNCC3)n2)c1. The lowest BCUT2D eigenvalue weighted by Gasteiger charge is -2.26. The van der Waals surface area contributed by atoms with E-state index in [2.05, 4.69) is 33.1 Å². The van der Waals surface area contributed by atoms with Crippen molar-refractivity contribution in [3.05, 3.63) is 27.9 Å². The van der Waals surface area contributed by atoms with Crippen molar-refractivity contribution in [1.29, 1.82) is 0 Å². The zero-order chi connectivity index (χ0) is 11.5. The van der Waals surface area contributed by atoms with Gasteiger partial charge in [0.05, 0.1) is 17.1 Å². The lowest BCUT2D eigenvalue weighted by Crippen LogP contribution is -2.42. The molecule has 0 radical (unpaired) electrons. The summed E-state index contributed by atoms with van der Waals surface area (Å²) in [6.07, 6.45) is 0. The van der Waals surface area contributed by atoms with E-state index in [0.29, 0.717) is 0 Å². The summed E-state index contributed by atoms with van der Waals surface area (Å²) >= 11 is 3.53. The maximum absolute atomic E-state index is 4.71. The van der Waals surface area contributed by atoms with E-state index in [-0.39, 0.29) is 24.8 Å². The van der Waals surface area contributed by atoms with Gasteiger partial charge in [0.25, 0.3) is 0 Å². The first-order chi connectivity index (χ1) is 8.42. The number of piperazine rings is 1. The van der Waals surface area contributed by atoms with E-state index in [1.807, 2.05) is 0 Å². The molecule has 0 spiro atoms. The molecule has 3 nitrogen and oxygen atoms in total. The highest BCUT2D eigenvalue weighted by atomic mass is 35.5. The molecule has 106 valence electrons. The molecule has 0 aliphatic carbocycles. The third kappa shape index (κ3) is 4.41. The molecule has 1 N–H and O–H groups in total. The second kappa shape index (κ2) is 8.19. The first-order valence-corrected chi connectivity index (χ1v) is 7.59. The molecule has 2 aromatic heterocycles. The molecule has 19 heavy (non-hydrogen) atoms. The van der Waals surface area contributed by atoms with E-state index in [4.69, 9.17) is 4.98 Å². The predicted molar refractivity (Wildman–Crippen MR) is 88.1 cm³/mol. The summed E-state index contributed by atoms with van der Waals surface area (Å²) < 4.78 is 0. The molecule has 3 heterocycles. The van der Waals surface area contributed by atoms with Crippen molar-refractivity contribution in [2.45, 2.75) is 6.54 Å². The van der Waals surface area contributed by atoms with E-state index in [1.165, 1.54) is 9.88 Å². The van der Waals surface area contributed by atoms with Crippen LogP contribution in [0.4, 0.5) is 0 Å². The molecular formula is C12H17Cl2N3S2. The average Bonchev–Trinajstić information content (AvgIpc) is 3.00. The molecule has 0 amide bonds. The Labute approximate surface area is 133 Å².